The van der Waals surface area contributed by atoms with Crippen LogP contribution in [-0.2, 0) is 4.79 Å². The summed E-state index contributed by atoms with van der Waals surface area (Å²) in [7, 11) is 1.92. The molecule has 0 aromatic heterocycles. The van der Waals surface area contributed by atoms with Crippen molar-refractivity contribution < 1.29 is 4.79 Å². The highest BCUT2D eigenvalue weighted by Gasteiger charge is 2.13. The molecule has 106 valence electrons. The van der Waals surface area contributed by atoms with E-state index in [0.29, 0.717) is 12.3 Å². The van der Waals surface area contributed by atoms with E-state index in [-0.39, 0.29) is 5.91 Å². The van der Waals surface area contributed by atoms with Crippen LogP contribution in [0.3, 0.4) is 0 Å². The van der Waals surface area contributed by atoms with Crippen molar-refractivity contribution in [2.75, 3.05) is 39.8 Å². The molecular formula is C14H29N3O. The molecular weight excluding hydrogens is 226 g/mol. The summed E-state index contributed by atoms with van der Waals surface area (Å²) in [5.41, 5.74) is 0. The Morgan fingerprint density at radius 2 is 2.00 bits per heavy atom. The number of carbonyl (C=O) groups excluding carboxylic acids is 1. The second-order valence-corrected chi connectivity index (χ2v) is 5.48. The molecule has 1 rings (SSSR count). The molecule has 1 aliphatic heterocycles. The number of nitrogens with one attached hydrogen (secondary N) is 2. The number of piperidine rings is 1. The molecule has 0 aliphatic carbocycles. The minimum Gasteiger partial charge on any atom is -0.356 e. The average Bonchev–Trinajstić information content (AvgIpc) is 2.38. The summed E-state index contributed by atoms with van der Waals surface area (Å²) in [6.07, 6.45) is 5.61. The van der Waals surface area contributed by atoms with E-state index in [4.69, 9.17) is 0 Å². The van der Waals surface area contributed by atoms with Crippen LogP contribution in [0.2, 0.25) is 0 Å². The van der Waals surface area contributed by atoms with Gasteiger partial charge in [0.1, 0.15) is 0 Å². The van der Waals surface area contributed by atoms with Crippen LogP contribution in [-0.4, -0.2) is 50.6 Å². The van der Waals surface area contributed by atoms with Crippen molar-refractivity contribution in [3.8, 4) is 0 Å². The smallest absolute Gasteiger partial charge is 0.220 e. The number of nitrogens with zero attached hydrogens (tertiary/aromatic N) is 1. The van der Waals surface area contributed by atoms with Crippen molar-refractivity contribution in [1.29, 1.82) is 0 Å². The molecule has 0 spiro atoms. The van der Waals surface area contributed by atoms with E-state index in [1.54, 1.807) is 0 Å². The molecule has 1 aliphatic rings. The van der Waals surface area contributed by atoms with Gasteiger partial charge in [-0.05, 0) is 51.9 Å². The topological polar surface area (TPSA) is 44.4 Å². The summed E-state index contributed by atoms with van der Waals surface area (Å²) in [5, 5.41) is 6.09. The first-order valence-electron chi connectivity index (χ1n) is 7.36. The van der Waals surface area contributed by atoms with Gasteiger partial charge in [0.15, 0.2) is 0 Å². The zero-order chi connectivity index (χ0) is 13.2. The van der Waals surface area contributed by atoms with Gasteiger partial charge in [-0.15, -0.1) is 0 Å². The number of amides is 1. The lowest BCUT2D eigenvalue weighted by atomic mass is 10.1. The average molecular weight is 255 g/mol. The van der Waals surface area contributed by atoms with E-state index in [1.165, 1.54) is 32.4 Å². The van der Waals surface area contributed by atoms with E-state index < -0.39 is 0 Å². The van der Waals surface area contributed by atoms with Gasteiger partial charge in [0.2, 0.25) is 5.91 Å². The van der Waals surface area contributed by atoms with E-state index in [0.717, 1.165) is 26.1 Å². The van der Waals surface area contributed by atoms with Crippen LogP contribution in [0.25, 0.3) is 0 Å². The van der Waals surface area contributed by atoms with E-state index in [9.17, 15) is 4.79 Å². The maximum Gasteiger partial charge on any atom is 0.220 e. The van der Waals surface area contributed by atoms with E-state index in [1.807, 2.05) is 7.05 Å². The first kappa shape index (κ1) is 15.4. The van der Waals surface area contributed by atoms with Crippen molar-refractivity contribution in [3.63, 3.8) is 0 Å². The van der Waals surface area contributed by atoms with Crippen molar-refractivity contribution in [2.24, 2.45) is 5.92 Å². The van der Waals surface area contributed by atoms with Crippen LogP contribution in [0.1, 0.15) is 39.0 Å². The quantitative estimate of drug-likeness (QED) is 0.641. The minimum atomic E-state index is 0.191. The standard InChI is InChI=1S/C14H29N3O/c1-13(12-17-9-4-3-5-10-17)11-16-14(18)7-6-8-15-2/h13,15H,3-12H2,1-2H3,(H,16,18). The molecule has 0 aromatic carbocycles. The Bertz CT molecular complexity index is 227. The maximum atomic E-state index is 11.6. The predicted molar refractivity (Wildman–Crippen MR) is 75.6 cm³/mol. The van der Waals surface area contributed by atoms with Crippen LogP contribution < -0.4 is 10.6 Å². The first-order valence-corrected chi connectivity index (χ1v) is 7.36. The fourth-order valence-electron chi connectivity index (χ4n) is 2.45. The molecule has 2 N–H and O–H groups in total. The number of rotatable bonds is 8. The van der Waals surface area contributed by atoms with Gasteiger partial charge in [0.05, 0.1) is 0 Å². The van der Waals surface area contributed by atoms with Crippen LogP contribution in [0.5, 0.6) is 0 Å². The lowest BCUT2D eigenvalue weighted by molar-refractivity contribution is -0.121. The van der Waals surface area contributed by atoms with Gasteiger partial charge in [-0.3, -0.25) is 4.79 Å². The largest absolute Gasteiger partial charge is 0.356 e. The van der Waals surface area contributed by atoms with Gasteiger partial charge in [-0.2, -0.15) is 0 Å². The van der Waals surface area contributed by atoms with E-state index >= 15 is 0 Å². The molecule has 18 heavy (non-hydrogen) atoms. The summed E-state index contributed by atoms with van der Waals surface area (Å²) in [6, 6.07) is 0. The van der Waals surface area contributed by atoms with Gasteiger partial charge in [-0.25, -0.2) is 0 Å². The van der Waals surface area contributed by atoms with Gasteiger partial charge in [0, 0.05) is 19.5 Å². The second-order valence-electron chi connectivity index (χ2n) is 5.48. The molecule has 0 aromatic rings. The van der Waals surface area contributed by atoms with Crippen LogP contribution >= 0.6 is 0 Å². The third-order valence-electron chi connectivity index (χ3n) is 3.50. The van der Waals surface area contributed by atoms with Crippen molar-refractivity contribution in [1.82, 2.24) is 15.5 Å². The highest BCUT2D eigenvalue weighted by Crippen LogP contribution is 2.10. The predicted octanol–water partition coefficient (Wildman–Crippen LogP) is 1.22. The fourth-order valence-corrected chi connectivity index (χ4v) is 2.45. The molecule has 4 heteroatoms. The Morgan fingerprint density at radius 1 is 1.28 bits per heavy atom. The minimum absolute atomic E-state index is 0.191. The molecule has 0 bridgehead atoms. The van der Waals surface area contributed by atoms with Crippen LogP contribution in [0.15, 0.2) is 0 Å². The van der Waals surface area contributed by atoms with Gasteiger partial charge in [0.25, 0.3) is 0 Å². The molecule has 1 saturated heterocycles. The monoisotopic (exact) mass is 255 g/mol. The van der Waals surface area contributed by atoms with E-state index in [2.05, 4.69) is 22.5 Å². The molecule has 1 atom stereocenters. The molecule has 0 radical (unpaired) electrons. The SMILES string of the molecule is CNCCCC(=O)NCC(C)CN1CCCCC1. The number of carbonyl (C=O) groups is 1. The molecule has 1 amide bonds. The third-order valence-corrected chi connectivity index (χ3v) is 3.50. The highest BCUT2D eigenvalue weighted by molar-refractivity contribution is 5.75. The van der Waals surface area contributed by atoms with Crippen molar-refractivity contribution >= 4 is 5.91 Å². The number of hydrogen-bond acceptors (Lipinski definition) is 3. The fraction of sp³-hybridized carbons (Fsp3) is 0.929. The molecule has 1 unspecified atom stereocenters. The molecule has 0 saturated carbocycles. The number of likely N-dealkylation sites (tertiary alicyclic amines) is 1. The Balaban J connectivity index is 2.04. The Labute approximate surface area is 111 Å². The second kappa shape index (κ2) is 9.34. The van der Waals surface area contributed by atoms with Gasteiger partial charge >= 0.3 is 0 Å². The first-order chi connectivity index (χ1) is 8.72. The lowest BCUT2D eigenvalue weighted by Crippen LogP contribution is -2.38. The molecule has 1 heterocycles. The number of hydrogen-bond donors (Lipinski definition) is 2. The highest BCUT2D eigenvalue weighted by atomic mass is 16.1. The molecule has 1 fully saturated rings. The maximum absolute atomic E-state index is 11.6. The molecule has 4 nitrogen and oxygen atoms in total. The summed E-state index contributed by atoms with van der Waals surface area (Å²) in [5.74, 6) is 0.743. The Kier molecular flexibility index (Phi) is 8.01. The summed E-state index contributed by atoms with van der Waals surface area (Å²) < 4.78 is 0. The van der Waals surface area contributed by atoms with Crippen LogP contribution in [0.4, 0.5) is 0 Å². The lowest BCUT2D eigenvalue weighted by Gasteiger charge is -2.29. The Morgan fingerprint density at radius 3 is 2.67 bits per heavy atom. The Hall–Kier alpha value is -0.610. The third kappa shape index (κ3) is 6.97. The van der Waals surface area contributed by atoms with Crippen LogP contribution in [0, 0.1) is 5.92 Å². The van der Waals surface area contributed by atoms with Gasteiger partial charge in [-0.1, -0.05) is 13.3 Å². The zero-order valence-electron chi connectivity index (χ0n) is 12.0. The van der Waals surface area contributed by atoms with Crippen molar-refractivity contribution in [2.45, 2.75) is 39.0 Å². The summed E-state index contributed by atoms with van der Waals surface area (Å²) >= 11 is 0. The summed E-state index contributed by atoms with van der Waals surface area (Å²) in [6.45, 7) is 7.55. The van der Waals surface area contributed by atoms with Gasteiger partial charge < -0.3 is 15.5 Å². The zero-order valence-corrected chi connectivity index (χ0v) is 12.0. The summed E-state index contributed by atoms with van der Waals surface area (Å²) in [4.78, 5) is 14.1. The normalized spacial score (nSPS) is 18.6. The van der Waals surface area contributed by atoms with Crippen molar-refractivity contribution in [3.05, 3.63) is 0 Å².